The highest BCUT2D eigenvalue weighted by molar-refractivity contribution is 5.98. The van der Waals surface area contributed by atoms with E-state index in [1.165, 1.54) is 0 Å². The normalized spacial score (nSPS) is 18.2. The van der Waals surface area contributed by atoms with Crippen LogP contribution < -0.4 is 10.5 Å². The average Bonchev–Trinajstić information content (AvgIpc) is 2.60. The Hall–Kier alpha value is -1.59. The number of nitrogens with zero attached hydrogens (tertiary/aromatic N) is 1. The zero-order valence-corrected chi connectivity index (χ0v) is 15.9. The van der Waals surface area contributed by atoms with Crippen LogP contribution in [0.1, 0.15) is 49.9 Å². The van der Waals surface area contributed by atoms with Crippen LogP contribution in [-0.2, 0) is 4.79 Å². The van der Waals surface area contributed by atoms with E-state index in [0.717, 1.165) is 25.1 Å². The molecule has 0 aromatic heterocycles. The minimum atomic E-state index is -0.00727. The zero-order valence-electron chi connectivity index (χ0n) is 15.1. The number of Topliss-reactive ketones (excluding diaryl/α,β-unsaturated/α-hetero) is 1. The summed E-state index contributed by atoms with van der Waals surface area (Å²) in [5, 5.41) is 0. The molecule has 1 fully saturated rings. The van der Waals surface area contributed by atoms with Crippen molar-refractivity contribution < 1.29 is 14.3 Å². The van der Waals surface area contributed by atoms with Crippen molar-refractivity contribution in [2.45, 2.75) is 45.6 Å². The molecule has 25 heavy (non-hydrogen) atoms. The van der Waals surface area contributed by atoms with E-state index >= 15 is 0 Å². The van der Waals surface area contributed by atoms with Crippen molar-refractivity contribution in [3.8, 4) is 5.75 Å². The van der Waals surface area contributed by atoms with E-state index < -0.39 is 0 Å². The third-order valence-corrected chi connectivity index (χ3v) is 4.61. The number of carbonyl (C=O) groups excluding carboxylic acids is 2. The lowest BCUT2D eigenvalue weighted by Crippen LogP contribution is -2.45. The molecule has 1 aliphatic heterocycles. The molecule has 2 N–H and O–H groups in total. The van der Waals surface area contributed by atoms with Gasteiger partial charge in [0.25, 0.3) is 0 Å². The van der Waals surface area contributed by atoms with Gasteiger partial charge in [-0.2, -0.15) is 0 Å². The van der Waals surface area contributed by atoms with Gasteiger partial charge in [-0.3, -0.25) is 9.59 Å². The minimum Gasteiger partial charge on any atom is -0.494 e. The highest BCUT2D eigenvalue weighted by atomic mass is 35.5. The topological polar surface area (TPSA) is 72.6 Å². The SMILES string of the molecule is CCOc1ccc(C(=O)CCC(=O)N2CCCC(C(C)N)C2)cc1.Cl. The third kappa shape index (κ3) is 6.33. The van der Waals surface area contributed by atoms with Crippen LogP contribution in [0.2, 0.25) is 0 Å². The number of ether oxygens (including phenoxy) is 1. The highest BCUT2D eigenvalue weighted by Gasteiger charge is 2.25. The summed E-state index contributed by atoms with van der Waals surface area (Å²) in [6.45, 7) is 6.00. The first-order chi connectivity index (χ1) is 11.5. The van der Waals surface area contributed by atoms with Crippen LogP contribution in [0.3, 0.4) is 0 Å². The predicted octanol–water partition coefficient (Wildman–Crippen LogP) is 3.06. The molecule has 1 aromatic carbocycles. The summed E-state index contributed by atoms with van der Waals surface area (Å²) >= 11 is 0. The van der Waals surface area contributed by atoms with Gasteiger partial charge in [0.05, 0.1) is 6.61 Å². The predicted molar refractivity (Wildman–Crippen MR) is 101 cm³/mol. The molecule has 1 amide bonds. The van der Waals surface area contributed by atoms with Crippen molar-refractivity contribution in [3.05, 3.63) is 29.8 Å². The number of rotatable bonds is 7. The lowest BCUT2D eigenvalue weighted by Gasteiger charge is -2.34. The number of likely N-dealkylation sites (tertiary alicyclic amines) is 1. The summed E-state index contributed by atoms with van der Waals surface area (Å²) in [6, 6.07) is 7.19. The van der Waals surface area contributed by atoms with Crippen LogP contribution in [0.25, 0.3) is 0 Å². The maximum absolute atomic E-state index is 12.4. The van der Waals surface area contributed by atoms with Gasteiger partial charge in [0.1, 0.15) is 5.75 Å². The summed E-state index contributed by atoms with van der Waals surface area (Å²) in [5.74, 6) is 1.16. The maximum atomic E-state index is 12.4. The molecule has 1 aliphatic rings. The minimum absolute atomic E-state index is 0. The summed E-state index contributed by atoms with van der Waals surface area (Å²) in [6.07, 6.45) is 2.57. The summed E-state index contributed by atoms with van der Waals surface area (Å²) < 4.78 is 5.37. The van der Waals surface area contributed by atoms with Gasteiger partial charge in [-0.1, -0.05) is 0 Å². The van der Waals surface area contributed by atoms with Gasteiger partial charge in [-0.25, -0.2) is 0 Å². The number of benzene rings is 1. The molecule has 2 unspecified atom stereocenters. The third-order valence-electron chi connectivity index (χ3n) is 4.61. The van der Waals surface area contributed by atoms with E-state index in [4.69, 9.17) is 10.5 Å². The van der Waals surface area contributed by atoms with Gasteiger partial charge in [-0.15, -0.1) is 12.4 Å². The van der Waals surface area contributed by atoms with E-state index in [1.54, 1.807) is 24.3 Å². The van der Waals surface area contributed by atoms with Crippen LogP contribution in [-0.4, -0.2) is 42.3 Å². The number of amides is 1. The molecule has 2 atom stereocenters. The number of hydrogen-bond acceptors (Lipinski definition) is 4. The van der Waals surface area contributed by atoms with Gasteiger partial charge in [0, 0.05) is 37.5 Å². The zero-order chi connectivity index (χ0) is 17.5. The first kappa shape index (κ1) is 21.5. The first-order valence-electron chi connectivity index (χ1n) is 8.80. The maximum Gasteiger partial charge on any atom is 0.223 e. The number of ketones is 1. The number of hydrogen-bond donors (Lipinski definition) is 1. The van der Waals surface area contributed by atoms with Gasteiger partial charge < -0.3 is 15.4 Å². The molecule has 0 bridgehead atoms. The molecular formula is C19H29ClN2O3. The van der Waals surface area contributed by atoms with Gasteiger partial charge in [-0.05, 0) is 56.9 Å². The largest absolute Gasteiger partial charge is 0.494 e. The number of piperidine rings is 1. The van der Waals surface area contributed by atoms with Crippen molar-refractivity contribution in [1.29, 1.82) is 0 Å². The Morgan fingerprint density at radius 1 is 1.28 bits per heavy atom. The van der Waals surface area contributed by atoms with Crippen LogP contribution in [0.15, 0.2) is 24.3 Å². The summed E-state index contributed by atoms with van der Waals surface area (Å²) in [7, 11) is 0. The van der Waals surface area contributed by atoms with Crippen LogP contribution in [0.5, 0.6) is 5.75 Å². The van der Waals surface area contributed by atoms with Crippen LogP contribution in [0, 0.1) is 5.92 Å². The number of nitrogens with two attached hydrogens (primary N) is 1. The number of halogens is 1. The second-order valence-corrected chi connectivity index (χ2v) is 6.48. The molecule has 1 heterocycles. The lowest BCUT2D eigenvalue weighted by atomic mass is 9.92. The Morgan fingerprint density at radius 2 is 1.96 bits per heavy atom. The Labute approximate surface area is 156 Å². The van der Waals surface area contributed by atoms with Crippen molar-refractivity contribution in [2.24, 2.45) is 11.7 Å². The van der Waals surface area contributed by atoms with Gasteiger partial charge in [0.15, 0.2) is 5.78 Å². The highest BCUT2D eigenvalue weighted by Crippen LogP contribution is 2.20. The van der Waals surface area contributed by atoms with Gasteiger partial charge in [0.2, 0.25) is 5.91 Å². The molecule has 0 radical (unpaired) electrons. The van der Waals surface area contributed by atoms with Crippen LogP contribution in [0.4, 0.5) is 0 Å². The molecule has 6 heteroatoms. The molecule has 0 aliphatic carbocycles. The van der Waals surface area contributed by atoms with E-state index in [9.17, 15) is 9.59 Å². The van der Waals surface area contributed by atoms with E-state index in [0.29, 0.717) is 24.6 Å². The molecule has 0 saturated carbocycles. The van der Waals surface area contributed by atoms with E-state index in [2.05, 4.69) is 0 Å². The van der Waals surface area contributed by atoms with Gasteiger partial charge >= 0.3 is 0 Å². The Kier molecular flexibility index (Phi) is 8.93. The second-order valence-electron chi connectivity index (χ2n) is 6.48. The van der Waals surface area contributed by atoms with Crippen molar-refractivity contribution in [3.63, 3.8) is 0 Å². The van der Waals surface area contributed by atoms with Crippen molar-refractivity contribution in [1.82, 2.24) is 4.90 Å². The van der Waals surface area contributed by atoms with E-state index in [-0.39, 0.29) is 43.0 Å². The molecule has 5 nitrogen and oxygen atoms in total. The molecule has 1 aromatic rings. The molecule has 2 rings (SSSR count). The molecular weight excluding hydrogens is 340 g/mol. The number of carbonyl (C=O) groups is 2. The lowest BCUT2D eigenvalue weighted by molar-refractivity contribution is -0.133. The smallest absolute Gasteiger partial charge is 0.223 e. The van der Waals surface area contributed by atoms with Crippen molar-refractivity contribution in [2.75, 3.05) is 19.7 Å². The fourth-order valence-electron chi connectivity index (χ4n) is 3.09. The quantitative estimate of drug-likeness (QED) is 0.751. The average molecular weight is 369 g/mol. The fourth-order valence-corrected chi connectivity index (χ4v) is 3.09. The molecule has 1 saturated heterocycles. The molecule has 140 valence electrons. The summed E-state index contributed by atoms with van der Waals surface area (Å²) in [5.41, 5.74) is 6.58. The Morgan fingerprint density at radius 3 is 2.56 bits per heavy atom. The van der Waals surface area contributed by atoms with Crippen LogP contribution >= 0.6 is 12.4 Å². The van der Waals surface area contributed by atoms with E-state index in [1.807, 2.05) is 18.7 Å². The van der Waals surface area contributed by atoms with Crippen molar-refractivity contribution >= 4 is 24.1 Å². The Bertz CT molecular complexity index is 560. The summed E-state index contributed by atoms with van der Waals surface area (Å²) in [4.78, 5) is 26.5. The molecule has 0 spiro atoms. The monoisotopic (exact) mass is 368 g/mol. The Balaban J connectivity index is 0.00000312. The second kappa shape index (κ2) is 10.4. The standard InChI is InChI=1S/C19H28N2O3.ClH/c1-3-24-17-8-6-15(7-9-17)18(22)10-11-19(23)21-12-4-5-16(13-21)14(2)20;/h6-9,14,16H,3-5,10-13,20H2,1-2H3;1H. The first-order valence-corrected chi connectivity index (χ1v) is 8.80. The fraction of sp³-hybridized carbons (Fsp3) is 0.579.